The second-order valence-electron chi connectivity index (χ2n) is 8.65. The SMILES string of the molecule is N#Cc1ccc(Oc2cccc(N=Cc3ccc(C=Nc4cccc(Oc5ccc(C#N)cc5)c4)cc3)c2)cc1. The van der Waals surface area contributed by atoms with Crippen LogP contribution >= 0.6 is 0 Å². The van der Waals surface area contributed by atoms with E-state index in [1.807, 2.05) is 72.8 Å². The van der Waals surface area contributed by atoms with E-state index in [4.69, 9.17) is 20.0 Å². The smallest absolute Gasteiger partial charge is 0.129 e. The summed E-state index contributed by atoms with van der Waals surface area (Å²) in [6.45, 7) is 0. The van der Waals surface area contributed by atoms with Crippen molar-refractivity contribution in [3.8, 4) is 35.1 Å². The van der Waals surface area contributed by atoms with Crippen LogP contribution in [0, 0.1) is 22.7 Å². The lowest BCUT2D eigenvalue weighted by Gasteiger charge is -2.06. The molecule has 0 aromatic heterocycles. The van der Waals surface area contributed by atoms with Gasteiger partial charge in [-0.3, -0.25) is 9.98 Å². The number of nitrogens with zero attached hydrogens (tertiary/aromatic N) is 4. The molecule has 5 rings (SSSR count). The topological polar surface area (TPSA) is 90.8 Å². The van der Waals surface area contributed by atoms with E-state index in [0.717, 1.165) is 22.5 Å². The van der Waals surface area contributed by atoms with Crippen molar-refractivity contribution < 1.29 is 9.47 Å². The monoisotopic (exact) mass is 518 g/mol. The van der Waals surface area contributed by atoms with E-state index in [-0.39, 0.29) is 0 Å². The minimum absolute atomic E-state index is 0.586. The van der Waals surface area contributed by atoms with E-state index in [1.54, 1.807) is 61.0 Å². The molecule has 0 aliphatic heterocycles. The molecule has 0 atom stereocenters. The molecule has 0 aliphatic rings. The highest BCUT2D eigenvalue weighted by atomic mass is 16.5. The summed E-state index contributed by atoms with van der Waals surface area (Å²) in [5, 5.41) is 17.9. The van der Waals surface area contributed by atoms with Crippen LogP contribution in [-0.2, 0) is 0 Å². The third-order valence-electron chi connectivity index (χ3n) is 5.74. The lowest BCUT2D eigenvalue weighted by Crippen LogP contribution is -1.86. The second-order valence-corrected chi connectivity index (χ2v) is 8.65. The van der Waals surface area contributed by atoms with Crippen molar-refractivity contribution in [1.82, 2.24) is 0 Å². The Hall–Kier alpha value is -5.98. The van der Waals surface area contributed by atoms with Crippen molar-refractivity contribution >= 4 is 23.8 Å². The first-order valence-electron chi connectivity index (χ1n) is 12.4. The lowest BCUT2D eigenvalue weighted by molar-refractivity contribution is 0.482. The summed E-state index contributed by atoms with van der Waals surface area (Å²) in [5.74, 6) is 2.64. The van der Waals surface area contributed by atoms with Gasteiger partial charge in [-0.2, -0.15) is 10.5 Å². The first-order chi connectivity index (χ1) is 19.7. The number of nitriles is 2. The molecular weight excluding hydrogens is 496 g/mol. The maximum absolute atomic E-state index is 8.94. The predicted octanol–water partition coefficient (Wildman–Crippen LogP) is 8.52. The number of aliphatic imine (C=N–C) groups is 2. The molecule has 0 fully saturated rings. The first-order valence-corrected chi connectivity index (χ1v) is 12.4. The fraction of sp³-hybridized carbons (Fsp3) is 0. The number of hydrogen-bond donors (Lipinski definition) is 0. The van der Waals surface area contributed by atoms with Gasteiger partial charge in [-0.25, -0.2) is 0 Å². The van der Waals surface area contributed by atoms with E-state index in [9.17, 15) is 0 Å². The Morgan fingerprint density at radius 3 is 1.25 bits per heavy atom. The summed E-state index contributed by atoms with van der Waals surface area (Å²) >= 11 is 0. The van der Waals surface area contributed by atoms with Crippen LogP contribution in [0.3, 0.4) is 0 Å². The molecule has 0 heterocycles. The molecule has 0 amide bonds. The van der Waals surface area contributed by atoms with Gasteiger partial charge in [0.1, 0.15) is 23.0 Å². The van der Waals surface area contributed by atoms with Crippen molar-refractivity contribution in [2.24, 2.45) is 9.98 Å². The first kappa shape index (κ1) is 25.7. The highest BCUT2D eigenvalue weighted by Crippen LogP contribution is 2.27. The minimum atomic E-state index is 0.586. The van der Waals surface area contributed by atoms with E-state index >= 15 is 0 Å². The van der Waals surface area contributed by atoms with Crippen molar-refractivity contribution in [2.45, 2.75) is 0 Å². The second kappa shape index (κ2) is 12.5. The molecule has 0 saturated heterocycles. The van der Waals surface area contributed by atoms with E-state index < -0.39 is 0 Å². The van der Waals surface area contributed by atoms with Crippen LogP contribution in [0.1, 0.15) is 22.3 Å². The molecule has 0 unspecified atom stereocenters. The van der Waals surface area contributed by atoms with Gasteiger partial charge in [-0.1, -0.05) is 36.4 Å². The molecule has 40 heavy (non-hydrogen) atoms. The van der Waals surface area contributed by atoms with E-state index in [2.05, 4.69) is 22.1 Å². The van der Waals surface area contributed by atoms with Gasteiger partial charge >= 0.3 is 0 Å². The van der Waals surface area contributed by atoms with Gasteiger partial charge in [-0.05, 0) is 83.9 Å². The fourth-order valence-corrected chi connectivity index (χ4v) is 3.69. The van der Waals surface area contributed by atoms with Crippen molar-refractivity contribution in [1.29, 1.82) is 10.5 Å². The molecule has 6 nitrogen and oxygen atoms in total. The fourth-order valence-electron chi connectivity index (χ4n) is 3.69. The summed E-state index contributed by atoms with van der Waals surface area (Å²) in [5.41, 5.74) is 4.60. The highest BCUT2D eigenvalue weighted by Gasteiger charge is 2.01. The number of rotatable bonds is 8. The molecular formula is C34H22N4O2. The van der Waals surface area contributed by atoms with Gasteiger partial charge in [0, 0.05) is 24.6 Å². The molecule has 0 N–H and O–H groups in total. The van der Waals surface area contributed by atoms with Gasteiger partial charge in [0.05, 0.1) is 34.6 Å². The summed E-state index contributed by atoms with van der Waals surface area (Å²) in [6.07, 6.45) is 3.59. The van der Waals surface area contributed by atoms with Gasteiger partial charge in [-0.15, -0.1) is 0 Å². The Bertz CT molecular complexity index is 1610. The maximum Gasteiger partial charge on any atom is 0.129 e. The number of hydrogen-bond acceptors (Lipinski definition) is 6. The summed E-state index contributed by atoms with van der Waals surface area (Å²) in [4.78, 5) is 9.14. The van der Waals surface area contributed by atoms with Gasteiger partial charge < -0.3 is 9.47 Å². The van der Waals surface area contributed by atoms with Gasteiger partial charge in [0.25, 0.3) is 0 Å². The Balaban J connectivity index is 1.19. The molecule has 0 aliphatic carbocycles. The van der Waals surface area contributed by atoms with Crippen LogP contribution in [0.25, 0.3) is 0 Å². The van der Waals surface area contributed by atoms with Crippen LogP contribution in [0.4, 0.5) is 11.4 Å². The Kier molecular flexibility index (Phi) is 8.03. The normalized spacial score (nSPS) is 10.8. The molecule has 190 valence electrons. The zero-order valence-corrected chi connectivity index (χ0v) is 21.3. The van der Waals surface area contributed by atoms with Crippen LogP contribution in [0.2, 0.25) is 0 Å². The van der Waals surface area contributed by atoms with E-state index in [0.29, 0.717) is 34.1 Å². The highest BCUT2D eigenvalue weighted by molar-refractivity contribution is 5.86. The Morgan fingerprint density at radius 2 is 0.875 bits per heavy atom. The quantitative estimate of drug-likeness (QED) is 0.193. The molecule has 0 bridgehead atoms. The number of benzene rings is 5. The van der Waals surface area contributed by atoms with Gasteiger partial charge in [0.15, 0.2) is 0 Å². The zero-order valence-electron chi connectivity index (χ0n) is 21.3. The van der Waals surface area contributed by atoms with Crippen molar-refractivity contribution in [3.05, 3.63) is 144 Å². The number of ether oxygens (including phenoxy) is 2. The van der Waals surface area contributed by atoms with Gasteiger partial charge in [0.2, 0.25) is 0 Å². The molecule has 0 spiro atoms. The van der Waals surface area contributed by atoms with Crippen molar-refractivity contribution in [3.63, 3.8) is 0 Å². The third-order valence-corrected chi connectivity index (χ3v) is 5.74. The van der Waals surface area contributed by atoms with Crippen LogP contribution in [-0.4, -0.2) is 12.4 Å². The zero-order chi connectivity index (χ0) is 27.6. The average molecular weight is 519 g/mol. The van der Waals surface area contributed by atoms with Crippen LogP contribution < -0.4 is 9.47 Å². The predicted molar refractivity (Wildman–Crippen MR) is 156 cm³/mol. The van der Waals surface area contributed by atoms with E-state index in [1.165, 1.54) is 0 Å². The molecule has 5 aromatic carbocycles. The summed E-state index contributed by atoms with van der Waals surface area (Å²) < 4.78 is 11.8. The lowest BCUT2D eigenvalue weighted by atomic mass is 10.1. The molecule has 0 radical (unpaired) electrons. The summed E-state index contributed by atoms with van der Waals surface area (Å²) in [7, 11) is 0. The van der Waals surface area contributed by atoms with Crippen LogP contribution in [0.15, 0.2) is 131 Å². The standard InChI is InChI=1S/C34H22N4O2/c35-21-25-11-15-31(16-12-25)39-33-5-1-3-29(19-33)37-23-27-7-9-28(10-8-27)24-38-30-4-2-6-34(20-30)40-32-17-13-26(22-36)14-18-32/h1-20,23-24H. The summed E-state index contributed by atoms with van der Waals surface area (Å²) in [6, 6.07) is 41.1. The Morgan fingerprint density at radius 1 is 0.475 bits per heavy atom. The van der Waals surface area contributed by atoms with Crippen LogP contribution in [0.5, 0.6) is 23.0 Å². The molecule has 5 aromatic rings. The van der Waals surface area contributed by atoms with Crippen molar-refractivity contribution in [2.75, 3.05) is 0 Å². The molecule has 0 saturated carbocycles. The average Bonchev–Trinajstić information content (AvgIpc) is 3.01. The Labute approximate surface area is 232 Å². The minimum Gasteiger partial charge on any atom is -0.457 e. The largest absolute Gasteiger partial charge is 0.457 e. The maximum atomic E-state index is 8.94. The molecule has 6 heteroatoms. The third kappa shape index (κ3) is 7.07.